The van der Waals surface area contributed by atoms with E-state index in [0.717, 1.165) is 17.0 Å². The maximum Gasteiger partial charge on any atom is 0.252 e. The Bertz CT molecular complexity index is 1270. The number of nitrogens with one attached hydrogen (secondary N) is 2. The molecule has 0 radical (unpaired) electrons. The third-order valence-corrected chi connectivity index (χ3v) is 7.62. The zero-order valence-corrected chi connectivity index (χ0v) is 19.6. The van der Waals surface area contributed by atoms with E-state index in [4.69, 9.17) is 11.6 Å². The molecule has 2 unspecified atom stereocenters. The highest BCUT2D eigenvalue weighted by Crippen LogP contribution is 2.39. The van der Waals surface area contributed by atoms with Gasteiger partial charge in [0, 0.05) is 41.2 Å². The van der Waals surface area contributed by atoms with Gasteiger partial charge in [-0.05, 0) is 24.6 Å². The highest BCUT2D eigenvalue weighted by Gasteiger charge is 2.48. The third-order valence-electron chi connectivity index (χ3n) is 5.86. The Labute approximate surface area is 203 Å². The van der Waals surface area contributed by atoms with E-state index in [9.17, 15) is 35.6 Å². The largest absolute Gasteiger partial charge is 0.351 e. The number of hydrogen-bond donors (Lipinski definition) is 2. The number of alkyl halides is 2. The van der Waals surface area contributed by atoms with Crippen molar-refractivity contribution in [3.8, 4) is 0 Å². The summed E-state index contributed by atoms with van der Waals surface area (Å²) in [6.07, 6.45) is -1.34. The van der Waals surface area contributed by atoms with Crippen LogP contribution in [0, 0.1) is 11.6 Å². The van der Waals surface area contributed by atoms with Crippen molar-refractivity contribution < 1.29 is 35.6 Å². The molecule has 2 N–H and O–H groups in total. The van der Waals surface area contributed by atoms with Gasteiger partial charge < -0.3 is 5.32 Å². The minimum Gasteiger partial charge on any atom is -0.351 e. The molecule has 0 spiro atoms. The van der Waals surface area contributed by atoms with E-state index in [1.165, 1.54) is 18.2 Å². The summed E-state index contributed by atoms with van der Waals surface area (Å²) in [7, 11) is -3.76. The molecule has 1 aliphatic carbocycles. The molecule has 2 atom stereocenters. The predicted octanol–water partition coefficient (Wildman–Crippen LogP) is 3.30. The average Bonchev–Trinajstić information content (AvgIpc) is 3.13. The highest BCUT2D eigenvalue weighted by molar-refractivity contribution is 7.89. The predicted molar refractivity (Wildman–Crippen MR) is 119 cm³/mol. The van der Waals surface area contributed by atoms with Gasteiger partial charge in [0.1, 0.15) is 12.1 Å². The summed E-state index contributed by atoms with van der Waals surface area (Å²) in [6.45, 7) is 0. The maximum absolute atomic E-state index is 14.2. The molecule has 1 saturated carbocycles. The quantitative estimate of drug-likeness (QED) is 0.557. The second-order valence-electron chi connectivity index (χ2n) is 8.48. The van der Waals surface area contributed by atoms with Crippen LogP contribution >= 0.6 is 11.6 Å². The fourth-order valence-corrected chi connectivity index (χ4v) is 5.68. The van der Waals surface area contributed by atoms with Crippen LogP contribution in [-0.4, -0.2) is 44.0 Å². The standard InChI is InChI=1S/C22H20ClF4N3O4S/c23-15-4-2-1-3-14(15)19(20(31)28-12-10-22(26,27)11-12)30(13-5-6-16(24)17(25)9-13)21(32)18-7-8-35(33,34)29-18/h1-6,9,12,18-19,29H,7-8,10-11H2,(H,28,31). The molecule has 2 aliphatic rings. The Morgan fingerprint density at radius 3 is 2.37 bits per heavy atom. The van der Waals surface area contributed by atoms with Gasteiger partial charge in [0.05, 0.1) is 5.75 Å². The maximum atomic E-state index is 14.2. The summed E-state index contributed by atoms with van der Waals surface area (Å²) in [5.74, 6) is -7.62. The fourth-order valence-electron chi connectivity index (χ4n) is 4.13. The van der Waals surface area contributed by atoms with Crippen molar-refractivity contribution in [3.63, 3.8) is 0 Å². The molecule has 2 fully saturated rings. The van der Waals surface area contributed by atoms with Gasteiger partial charge in [0.2, 0.25) is 21.8 Å². The van der Waals surface area contributed by atoms with Gasteiger partial charge in [-0.25, -0.2) is 30.7 Å². The SMILES string of the molecule is O=C(NC1CC(F)(F)C1)C(c1ccccc1Cl)N(C(=O)C1CCS(=O)(=O)N1)c1ccc(F)c(F)c1. The van der Waals surface area contributed by atoms with Crippen molar-refractivity contribution in [2.45, 2.75) is 43.3 Å². The number of amides is 2. The van der Waals surface area contributed by atoms with Crippen molar-refractivity contribution in [3.05, 3.63) is 64.7 Å². The molecule has 7 nitrogen and oxygen atoms in total. The number of hydrogen-bond acceptors (Lipinski definition) is 4. The molecule has 1 saturated heterocycles. The molecule has 2 amide bonds. The van der Waals surface area contributed by atoms with Crippen molar-refractivity contribution in [2.75, 3.05) is 10.7 Å². The molecule has 13 heteroatoms. The van der Waals surface area contributed by atoms with Crippen LogP contribution in [-0.2, 0) is 19.6 Å². The lowest BCUT2D eigenvalue weighted by Gasteiger charge is -2.38. The second-order valence-corrected chi connectivity index (χ2v) is 10.8. The number of anilines is 1. The topological polar surface area (TPSA) is 95.6 Å². The van der Waals surface area contributed by atoms with E-state index in [0.29, 0.717) is 6.07 Å². The molecular formula is C22H20ClF4N3O4S. The van der Waals surface area contributed by atoms with Crippen LogP contribution in [0.3, 0.4) is 0 Å². The lowest BCUT2D eigenvalue weighted by atomic mass is 9.87. The van der Waals surface area contributed by atoms with E-state index in [-0.39, 0.29) is 28.4 Å². The van der Waals surface area contributed by atoms with Gasteiger partial charge in [-0.2, -0.15) is 0 Å². The zero-order chi connectivity index (χ0) is 25.5. The summed E-state index contributed by atoms with van der Waals surface area (Å²) in [4.78, 5) is 27.8. The van der Waals surface area contributed by atoms with Crippen molar-refractivity contribution >= 4 is 39.1 Å². The van der Waals surface area contributed by atoms with Crippen LogP contribution in [0.5, 0.6) is 0 Å². The summed E-state index contributed by atoms with van der Waals surface area (Å²) < 4.78 is 80.6. The Kier molecular flexibility index (Phi) is 6.82. The third kappa shape index (κ3) is 5.44. The van der Waals surface area contributed by atoms with Crippen LogP contribution in [0.4, 0.5) is 23.2 Å². The normalized spacial score (nSPS) is 21.7. The minimum absolute atomic E-state index is 0.0407. The summed E-state index contributed by atoms with van der Waals surface area (Å²) in [6, 6.07) is 4.64. The molecule has 35 heavy (non-hydrogen) atoms. The van der Waals surface area contributed by atoms with Crippen LogP contribution in [0.2, 0.25) is 5.02 Å². The Morgan fingerprint density at radius 1 is 1.11 bits per heavy atom. The summed E-state index contributed by atoms with van der Waals surface area (Å²) in [5.41, 5.74) is -0.171. The monoisotopic (exact) mass is 533 g/mol. The van der Waals surface area contributed by atoms with Gasteiger partial charge in [-0.15, -0.1) is 0 Å². The first-order valence-electron chi connectivity index (χ1n) is 10.6. The van der Waals surface area contributed by atoms with Crippen LogP contribution < -0.4 is 14.9 Å². The molecule has 4 rings (SSSR count). The fraction of sp³-hybridized carbons (Fsp3) is 0.364. The van der Waals surface area contributed by atoms with Crippen molar-refractivity contribution in [1.82, 2.24) is 10.0 Å². The number of rotatable bonds is 6. The molecule has 0 bridgehead atoms. The minimum atomic E-state index is -3.76. The van der Waals surface area contributed by atoms with Gasteiger partial charge >= 0.3 is 0 Å². The molecule has 2 aromatic rings. The smallest absolute Gasteiger partial charge is 0.252 e. The first kappa shape index (κ1) is 25.4. The highest BCUT2D eigenvalue weighted by atomic mass is 35.5. The van der Waals surface area contributed by atoms with E-state index < -0.39 is 70.4 Å². The lowest BCUT2D eigenvalue weighted by Crippen LogP contribution is -2.55. The van der Waals surface area contributed by atoms with E-state index in [1.807, 2.05) is 0 Å². The van der Waals surface area contributed by atoms with Gasteiger partial charge in [-0.3, -0.25) is 14.5 Å². The zero-order valence-electron chi connectivity index (χ0n) is 18.0. The number of nitrogens with zero attached hydrogens (tertiary/aromatic N) is 1. The van der Waals surface area contributed by atoms with Gasteiger partial charge in [0.15, 0.2) is 11.6 Å². The number of halogens is 5. The molecule has 0 aromatic heterocycles. The Morgan fingerprint density at radius 2 is 1.80 bits per heavy atom. The van der Waals surface area contributed by atoms with Crippen LogP contribution in [0.25, 0.3) is 0 Å². The van der Waals surface area contributed by atoms with Gasteiger partial charge in [0.25, 0.3) is 5.92 Å². The number of carbonyl (C=O) groups is 2. The van der Waals surface area contributed by atoms with Crippen molar-refractivity contribution in [1.29, 1.82) is 0 Å². The van der Waals surface area contributed by atoms with Crippen molar-refractivity contribution in [2.24, 2.45) is 0 Å². The molecule has 1 heterocycles. The Balaban J connectivity index is 1.80. The van der Waals surface area contributed by atoms with Crippen LogP contribution in [0.1, 0.15) is 30.9 Å². The number of sulfonamides is 1. The summed E-state index contributed by atoms with van der Waals surface area (Å²) >= 11 is 6.31. The summed E-state index contributed by atoms with van der Waals surface area (Å²) in [5, 5.41) is 2.50. The van der Waals surface area contributed by atoms with E-state index in [1.54, 1.807) is 6.07 Å². The Hall–Kier alpha value is -2.70. The van der Waals surface area contributed by atoms with E-state index >= 15 is 0 Å². The second kappa shape index (κ2) is 9.40. The van der Waals surface area contributed by atoms with Gasteiger partial charge in [-0.1, -0.05) is 29.8 Å². The first-order valence-corrected chi connectivity index (χ1v) is 12.6. The lowest BCUT2D eigenvalue weighted by molar-refractivity contribution is -0.133. The number of carbonyl (C=O) groups excluding carboxylic acids is 2. The number of benzene rings is 2. The molecule has 188 valence electrons. The van der Waals surface area contributed by atoms with E-state index in [2.05, 4.69) is 10.0 Å². The molecule has 1 aliphatic heterocycles. The molecular weight excluding hydrogens is 514 g/mol. The first-order chi connectivity index (χ1) is 16.4. The van der Waals surface area contributed by atoms with Crippen LogP contribution in [0.15, 0.2) is 42.5 Å². The molecule has 2 aromatic carbocycles. The average molecular weight is 534 g/mol.